The van der Waals surface area contributed by atoms with Gasteiger partial charge in [0, 0.05) is 6.54 Å². The molecular formula is C14H21ClINO2. The molecule has 0 atom stereocenters. The molecule has 5 heteroatoms. The molecule has 0 heterocycles. The van der Waals surface area contributed by atoms with Crippen LogP contribution in [-0.2, 0) is 6.54 Å². The van der Waals surface area contributed by atoms with E-state index in [1.54, 1.807) is 7.11 Å². The molecule has 0 unspecified atom stereocenters. The first-order valence-electron chi connectivity index (χ1n) is 6.42. The van der Waals surface area contributed by atoms with Gasteiger partial charge < -0.3 is 14.8 Å². The van der Waals surface area contributed by atoms with Crippen LogP contribution in [0.15, 0.2) is 12.1 Å². The van der Waals surface area contributed by atoms with E-state index in [0.29, 0.717) is 6.10 Å². The molecule has 108 valence electrons. The number of hydrogen-bond donors (Lipinski definition) is 1. The molecular weight excluding hydrogens is 377 g/mol. The quantitative estimate of drug-likeness (QED) is 0.767. The highest BCUT2D eigenvalue weighted by atomic mass is 127. The van der Waals surface area contributed by atoms with Crippen LogP contribution >= 0.6 is 35.0 Å². The lowest BCUT2D eigenvalue weighted by Crippen LogP contribution is -2.13. The Morgan fingerprint density at radius 3 is 2.58 bits per heavy atom. The zero-order valence-corrected chi connectivity index (χ0v) is 14.3. The summed E-state index contributed by atoms with van der Waals surface area (Å²) < 4.78 is 12.7. The van der Waals surface area contributed by atoms with Gasteiger partial charge in [0.15, 0.2) is 11.5 Å². The predicted molar refractivity (Wildman–Crippen MR) is 88.6 cm³/mol. The molecule has 0 saturated heterocycles. The summed E-state index contributed by atoms with van der Waals surface area (Å²) in [6.45, 7) is 0.843. The van der Waals surface area contributed by atoms with Crippen LogP contribution in [0.5, 0.6) is 11.5 Å². The Kier molecular flexibility index (Phi) is 7.25. The SMILES string of the molecule is CNCc1cc(I)c(OC2CCCC2)c(OC)c1.Cl. The fourth-order valence-corrected chi connectivity index (χ4v) is 3.16. The second-order valence-corrected chi connectivity index (χ2v) is 5.83. The minimum absolute atomic E-state index is 0. The van der Waals surface area contributed by atoms with Gasteiger partial charge in [-0.2, -0.15) is 0 Å². The average Bonchev–Trinajstić information content (AvgIpc) is 2.85. The molecule has 1 N–H and O–H groups in total. The minimum atomic E-state index is 0. The summed E-state index contributed by atoms with van der Waals surface area (Å²) in [6.07, 6.45) is 5.25. The van der Waals surface area contributed by atoms with E-state index >= 15 is 0 Å². The van der Waals surface area contributed by atoms with Crippen LogP contribution in [0.3, 0.4) is 0 Å². The van der Waals surface area contributed by atoms with Gasteiger partial charge in [0.2, 0.25) is 0 Å². The van der Waals surface area contributed by atoms with E-state index in [1.165, 1.54) is 18.4 Å². The van der Waals surface area contributed by atoms with Crippen molar-refractivity contribution in [2.45, 2.75) is 38.3 Å². The van der Waals surface area contributed by atoms with Crippen LogP contribution in [0.25, 0.3) is 0 Å². The van der Waals surface area contributed by atoms with Crippen molar-refractivity contribution in [2.24, 2.45) is 0 Å². The highest BCUT2D eigenvalue weighted by Crippen LogP contribution is 2.36. The molecule has 1 saturated carbocycles. The second-order valence-electron chi connectivity index (χ2n) is 4.66. The second kappa shape index (κ2) is 8.17. The van der Waals surface area contributed by atoms with E-state index in [-0.39, 0.29) is 12.4 Å². The van der Waals surface area contributed by atoms with Gasteiger partial charge >= 0.3 is 0 Å². The molecule has 3 nitrogen and oxygen atoms in total. The largest absolute Gasteiger partial charge is 0.493 e. The third-order valence-electron chi connectivity index (χ3n) is 3.26. The van der Waals surface area contributed by atoms with Crippen molar-refractivity contribution in [3.63, 3.8) is 0 Å². The first-order valence-corrected chi connectivity index (χ1v) is 7.50. The van der Waals surface area contributed by atoms with Gasteiger partial charge in [-0.05, 0) is 73.0 Å². The van der Waals surface area contributed by atoms with E-state index in [9.17, 15) is 0 Å². The van der Waals surface area contributed by atoms with Crippen molar-refractivity contribution in [1.29, 1.82) is 0 Å². The third-order valence-corrected chi connectivity index (χ3v) is 4.06. The van der Waals surface area contributed by atoms with Crippen molar-refractivity contribution in [2.75, 3.05) is 14.2 Å². The maximum atomic E-state index is 6.11. The number of ether oxygens (including phenoxy) is 2. The van der Waals surface area contributed by atoms with Crippen molar-refractivity contribution < 1.29 is 9.47 Å². The first-order chi connectivity index (χ1) is 8.74. The molecule has 0 spiro atoms. The summed E-state index contributed by atoms with van der Waals surface area (Å²) in [7, 11) is 3.65. The van der Waals surface area contributed by atoms with E-state index in [1.807, 2.05) is 7.05 Å². The number of benzene rings is 1. The highest BCUT2D eigenvalue weighted by Gasteiger charge is 2.20. The van der Waals surface area contributed by atoms with Gasteiger partial charge in [-0.1, -0.05) is 0 Å². The summed E-state index contributed by atoms with van der Waals surface area (Å²) in [6, 6.07) is 4.22. The molecule has 0 radical (unpaired) electrons. The number of rotatable bonds is 5. The van der Waals surface area contributed by atoms with Crippen LogP contribution in [0.1, 0.15) is 31.2 Å². The summed E-state index contributed by atoms with van der Waals surface area (Å²) in [5, 5.41) is 3.16. The maximum Gasteiger partial charge on any atom is 0.174 e. The Labute approximate surface area is 135 Å². The van der Waals surface area contributed by atoms with Crippen LogP contribution in [0, 0.1) is 3.57 Å². The van der Waals surface area contributed by atoms with E-state index < -0.39 is 0 Å². The molecule has 1 aromatic carbocycles. The topological polar surface area (TPSA) is 30.5 Å². The first kappa shape index (κ1) is 16.9. The molecule has 0 aliphatic heterocycles. The van der Waals surface area contributed by atoms with Crippen molar-refractivity contribution >= 4 is 35.0 Å². The van der Waals surface area contributed by atoms with E-state index in [4.69, 9.17) is 9.47 Å². The molecule has 1 aromatic rings. The Bertz CT molecular complexity index is 409. The lowest BCUT2D eigenvalue weighted by Gasteiger charge is -2.18. The highest BCUT2D eigenvalue weighted by molar-refractivity contribution is 14.1. The van der Waals surface area contributed by atoms with Crippen LogP contribution < -0.4 is 14.8 Å². The summed E-state index contributed by atoms with van der Waals surface area (Å²) >= 11 is 2.33. The normalized spacial score (nSPS) is 15.1. The molecule has 0 amide bonds. The maximum absolute atomic E-state index is 6.11. The fraction of sp³-hybridized carbons (Fsp3) is 0.571. The molecule has 1 fully saturated rings. The van der Waals surface area contributed by atoms with Gasteiger partial charge in [0.25, 0.3) is 0 Å². The zero-order valence-electron chi connectivity index (χ0n) is 11.4. The van der Waals surface area contributed by atoms with Gasteiger partial charge in [0.05, 0.1) is 16.8 Å². The number of methoxy groups -OCH3 is 1. The lowest BCUT2D eigenvalue weighted by atomic mass is 10.2. The van der Waals surface area contributed by atoms with Gasteiger partial charge in [-0.25, -0.2) is 0 Å². The molecule has 1 aliphatic carbocycles. The fourth-order valence-electron chi connectivity index (χ4n) is 2.37. The Hall–Kier alpha value is -0.200. The smallest absolute Gasteiger partial charge is 0.174 e. The monoisotopic (exact) mass is 397 g/mol. The molecule has 19 heavy (non-hydrogen) atoms. The Morgan fingerprint density at radius 2 is 2.00 bits per heavy atom. The molecule has 2 rings (SSSR count). The lowest BCUT2D eigenvalue weighted by molar-refractivity contribution is 0.199. The third kappa shape index (κ3) is 4.39. The summed E-state index contributed by atoms with van der Waals surface area (Å²) in [5.41, 5.74) is 1.22. The Morgan fingerprint density at radius 1 is 1.32 bits per heavy atom. The zero-order chi connectivity index (χ0) is 13.0. The van der Waals surface area contributed by atoms with Crippen molar-refractivity contribution in [3.05, 3.63) is 21.3 Å². The molecule has 0 bridgehead atoms. The van der Waals surface area contributed by atoms with Crippen molar-refractivity contribution in [1.82, 2.24) is 5.32 Å². The van der Waals surface area contributed by atoms with Gasteiger partial charge in [-0.15, -0.1) is 12.4 Å². The molecule has 1 aliphatic rings. The van der Waals surface area contributed by atoms with E-state index in [2.05, 4.69) is 40.0 Å². The van der Waals surface area contributed by atoms with Crippen LogP contribution in [0.4, 0.5) is 0 Å². The van der Waals surface area contributed by atoms with Gasteiger partial charge in [0.1, 0.15) is 0 Å². The van der Waals surface area contributed by atoms with Crippen LogP contribution in [-0.4, -0.2) is 20.3 Å². The minimum Gasteiger partial charge on any atom is -0.493 e. The number of hydrogen-bond acceptors (Lipinski definition) is 3. The average molecular weight is 398 g/mol. The summed E-state index contributed by atoms with van der Waals surface area (Å²) in [5.74, 6) is 1.75. The number of halogens is 2. The van der Waals surface area contributed by atoms with Crippen molar-refractivity contribution in [3.8, 4) is 11.5 Å². The Balaban J connectivity index is 0.00000180. The summed E-state index contributed by atoms with van der Waals surface area (Å²) in [4.78, 5) is 0. The standard InChI is InChI=1S/C14H20INO2.ClH/c1-16-9-10-7-12(15)14(13(8-10)17-2)18-11-5-3-4-6-11;/h7-8,11,16H,3-6,9H2,1-2H3;1H. The predicted octanol–water partition coefficient (Wildman–Crippen LogP) is 3.76. The number of nitrogens with one attached hydrogen (secondary N) is 1. The molecule has 0 aromatic heterocycles. The van der Waals surface area contributed by atoms with E-state index in [0.717, 1.165) is 34.5 Å². The van der Waals surface area contributed by atoms with Crippen LogP contribution in [0.2, 0.25) is 0 Å². The van der Waals surface area contributed by atoms with Gasteiger partial charge in [-0.3, -0.25) is 0 Å².